The number of hydrogen-bond donors (Lipinski definition) is 1. The van der Waals surface area contributed by atoms with Gasteiger partial charge in [0.05, 0.1) is 6.54 Å². The first-order valence-electron chi connectivity index (χ1n) is 8.30. The minimum atomic E-state index is -0.276. The summed E-state index contributed by atoms with van der Waals surface area (Å²) < 4.78 is 10.8. The lowest BCUT2D eigenvalue weighted by Gasteiger charge is -2.07. The van der Waals surface area contributed by atoms with Crippen LogP contribution in [0.4, 0.5) is 0 Å². The number of benzene rings is 1. The molecule has 1 amide bonds. The lowest BCUT2D eigenvalue weighted by molar-refractivity contribution is 0.0949. The smallest absolute Gasteiger partial charge is 0.274 e. The van der Waals surface area contributed by atoms with Gasteiger partial charge in [0, 0.05) is 12.0 Å². The highest BCUT2D eigenvalue weighted by atomic mass is 16.5. The zero-order valence-electron chi connectivity index (χ0n) is 14.0. The van der Waals surface area contributed by atoms with E-state index in [-0.39, 0.29) is 19.1 Å². The molecule has 1 aliphatic carbocycles. The number of rotatable bonds is 7. The molecule has 0 aliphatic heterocycles. The maximum absolute atomic E-state index is 11.9. The Bertz CT molecular complexity index is 810. The second-order valence-electron chi connectivity index (χ2n) is 5.81. The Morgan fingerprint density at radius 1 is 1.40 bits per heavy atom. The van der Waals surface area contributed by atoms with Gasteiger partial charge >= 0.3 is 0 Å². The van der Waals surface area contributed by atoms with E-state index in [1.807, 2.05) is 30.3 Å². The average Bonchev–Trinajstić information content (AvgIpc) is 3.36. The van der Waals surface area contributed by atoms with Crippen LogP contribution in [0.2, 0.25) is 0 Å². The first-order valence-corrected chi connectivity index (χ1v) is 8.30. The Hall–Kier alpha value is -3.00. The van der Waals surface area contributed by atoms with Gasteiger partial charge in [-0.3, -0.25) is 4.79 Å². The summed E-state index contributed by atoms with van der Waals surface area (Å²) in [5, 5.41) is 6.49. The first kappa shape index (κ1) is 16.8. The number of aromatic nitrogens is 1. The Balaban J connectivity index is 1.42. The van der Waals surface area contributed by atoms with Crippen molar-refractivity contribution in [2.75, 3.05) is 13.2 Å². The first-order chi connectivity index (χ1) is 12.3. The number of para-hydroxylation sites is 1. The van der Waals surface area contributed by atoms with Gasteiger partial charge < -0.3 is 14.6 Å². The van der Waals surface area contributed by atoms with E-state index in [1.165, 1.54) is 0 Å². The summed E-state index contributed by atoms with van der Waals surface area (Å²) >= 11 is 0. The molecule has 0 saturated heterocycles. The van der Waals surface area contributed by atoms with Crippen molar-refractivity contribution in [2.45, 2.75) is 25.2 Å². The second kappa shape index (κ2) is 8.20. The van der Waals surface area contributed by atoms with Crippen LogP contribution in [0.5, 0.6) is 5.75 Å². The van der Waals surface area contributed by atoms with Gasteiger partial charge in [0.15, 0.2) is 5.69 Å². The molecule has 1 aromatic carbocycles. The van der Waals surface area contributed by atoms with Crippen molar-refractivity contribution in [3.63, 3.8) is 0 Å². The molecular formula is C20H20N2O3. The molecule has 1 saturated carbocycles. The van der Waals surface area contributed by atoms with E-state index in [9.17, 15) is 4.79 Å². The molecule has 0 unspecified atom stereocenters. The molecule has 1 aromatic heterocycles. The maximum atomic E-state index is 11.9. The van der Waals surface area contributed by atoms with Gasteiger partial charge in [0.2, 0.25) is 0 Å². The molecule has 5 heteroatoms. The summed E-state index contributed by atoms with van der Waals surface area (Å²) in [6.07, 6.45) is 4.80. The molecule has 0 atom stereocenters. The monoisotopic (exact) mass is 336 g/mol. The van der Waals surface area contributed by atoms with Crippen LogP contribution in [0.3, 0.4) is 0 Å². The van der Waals surface area contributed by atoms with E-state index in [1.54, 1.807) is 6.07 Å². The minimum absolute atomic E-state index is 0.238. The molecule has 128 valence electrons. The summed E-state index contributed by atoms with van der Waals surface area (Å²) in [6.45, 7) is 4.24. The molecule has 1 heterocycles. The fourth-order valence-electron chi connectivity index (χ4n) is 2.37. The molecule has 0 radical (unpaired) electrons. The quantitative estimate of drug-likeness (QED) is 0.623. The molecule has 2 aromatic rings. The van der Waals surface area contributed by atoms with Crippen LogP contribution < -0.4 is 10.1 Å². The van der Waals surface area contributed by atoms with E-state index < -0.39 is 0 Å². The Morgan fingerprint density at radius 2 is 2.24 bits per heavy atom. The van der Waals surface area contributed by atoms with Gasteiger partial charge in [0.25, 0.3) is 5.91 Å². The third kappa shape index (κ3) is 4.74. The van der Waals surface area contributed by atoms with Crippen molar-refractivity contribution in [1.29, 1.82) is 0 Å². The van der Waals surface area contributed by atoms with Crippen LogP contribution in [-0.4, -0.2) is 24.2 Å². The molecule has 25 heavy (non-hydrogen) atoms. The van der Waals surface area contributed by atoms with Crippen LogP contribution >= 0.6 is 0 Å². The predicted molar refractivity (Wildman–Crippen MR) is 94.4 cm³/mol. The molecule has 1 N–H and O–H groups in total. The summed E-state index contributed by atoms with van der Waals surface area (Å²) in [7, 11) is 0. The predicted octanol–water partition coefficient (Wildman–Crippen LogP) is 3.09. The standard InChI is InChI=1S/C20H20N2O3/c1-2-7-15-8-3-4-9-18(15)24-13-6-5-12-21-20(23)17-14-19(25-22-17)16-10-11-16/h2-4,8-9,14,16H,1,7,10-13H2,(H,21,23). The highest BCUT2D eigenvalue weighted by molar-refractivity contribution is 5.92. The fourth-order valence-corrected chi connectivity index (χ4v) is 2.37. The molecular weight excluding hydrogens is 316 g/mol. The number of hydrogen-bond acceptors (Lipinski definition) is 4. The molecule has 3 rings (SSSR count). The number of amides is 1. The van der Waals surface area contributed by atoms with E-state index >= 15 is 0 Å². The zero-order chi connectivity index (χ0) is 17.5. The van der Waals surface area contributed by atoms with Gasteiger partial charge in [0.1, 0.15) is 18.1 Å². The topological polar surface area (TPSA) is 64.4 Å². The third-order valence-corrected chi connectivity index (χ3v) is 3.84. The third-order valence-electron chi connectivity index (χ3n) is 3.84. The number of nitrogens with one attached hydrogen (secondary N) is 1. The van der Waals surface area contributed by atoms with Crippen molar-refractivity contribution in [3.8, 4) is 17.6 Å². The normalized spacial score (nSPS) is 12.8. The van der Waals surface area contributed by atoms with Gasteiger partial charge in [-0.25, -0.2) is 0 Å². The highest BCUT2D eigenvalue weighted by Gasteiger charge is 2.28. The molecule has 5 nitrogen and oxygen atoms in total. The van der Waals surface area contributed by atoms with Gasteiger partial charge in [-0.15, -0.1) is 6.58 Å². The van der Waals surface area contributed by atoms with Gasteiger partial charge in [-0.1, -0.05) is 41.3 Å². The van der Waals surface area contributed by atoms with Crippen LogP contribution in [0, 0.1) is 11.8 Å². The summed E-state index contributed by atoms with van der Waals surface area (Å²) in [5.74, 6) is 7.51. The van der Waals surface area contributed by atoms with Gasteiger partial charge in [-0.05, 0) is 30.9 Å². The fraction of sp³-hybridized carbons (Fsp3) is 0.300. The van der Waals surface area contributed by atoms with Crippen LogP contribution in [-0.2, 0) is 6.42 Å². The Morgan fingerprint density at radius 3 is 3.04 bits per heavy atom. The summed E-state index contributed by atoms with van der Waals surface area (Å²) in [4.78, 5) is 11.9. The van der Waals surface area contributed by atoms with Crippen molar-refractivity contribution in [1.82, 2.24) is 10.5 Å². The SMILES string of the molecule is C=CCc1ccccc1OCC#CCNC(=O)c1cc(C2CC2)on1. The van der Waals surface area contributed by atoms with Crippen LogP contribution in [0.1, 0.15) is 40.6 Å². The Kier molecular flexibility index (Phi) is 5.53. The average molecular weight is 336 g/mol. The number of allylic oxidation sites excluding steroid dienone is 1. The van der Waals surface area contributed by atoms with E-state index in [0.717, 1.165) is 36.3 Å². The van der Waals surface area contributed by atoms with Crippen LogP contribution in [0.15, 0.2) is 47.5 Å². The maximum Gasteiger partial charge on any atom is 0.274 e. The minimum Gasteiger partial charge on any atom is -0.481 e. The molecule has 1 aliphatic rings. The Labute approximate surface area is 147 Å². The number of carbonyl (C=O) groups is 1. The lowest BCUT2D eigenvalue weighted by atomic mass is 10.1. The van der Waals surface area contributed by atoms with Crippen LogP contribution in [0.25, 0.3) is 0 Å². The van der Waals surface area contributed by atoms with Crippen molar-refractivity contribution >= 4 is 5.91 Å². The number of carbonyl (C=O) groups excluding carboxylic acids is 1. The lowest BCUT2D eigenvalue weighted by Crippen LogP contribution is -2.23. The summed E-state index contributed by atoms with van der Waals surface area (Å²) in [5.41, 5.74) is 1.38. The van der Waals surface area contributed by atoms with E-state index in [4.69, 9.17) is 9.26 Å². The van der Waals surface area contributed by atoms with E-state index in [2.05, 4.69) is 28.9 Å². The van der Waals surface area contributed by atoms with Crippen molar-refractivity contribution in [3.05, 3.63) is 60.0 Å². The molecule has 0 spiro atoms. The molecule has 0 bridgehead atoms. The number of ether oxygens (including phenoxy) is 1. The second-order valence-corrected chi connectivity index (χ2v) is 5.81. The summed E-state index contributed by atoms with van der Waals surface area (Å²) in [6, 6.07) is 9.50. The van der Waals surface area contributed by atoms with Gasteiger partial charge in [-0.2, -0.15) is 0 Å². The zero-order valence-corrected chi connectivity index (χ0v) is 14.0. The van der Waals surface area contributed by atoms with Crippen molar-refractivity contribution < 1.29 is 14.1 Å². The number of nitrogens with zero attached hydrogens (tertiary/aromatic N) is 1. The van der Waals surface area contributed by atoms with E-state index in [0.29, 0.717) is 11.6 Å². The molecule has 1 fully saturated rings. The highest BCUT2D eigenvalue weighted by Crippen LogP contribution is 2.40. The van der Waals surface area contributed by atoms with Crippen molar-refractivity contribution in [2.24, 2.45) is 0 Å². The largest absolute Gasteiger partial charge is 0.481 e.